The van der Waals surface area contributed by atoms with Gasteiger partial charge < -0.3 is 25.5 Å². The second-order valence-corrected chi connectivity index (χ2v) is 5.53. The van der Waals surface area contributed by atoms with E-state index in [0.717, 1.165) is 6.92 Å². The van der Waals surface area contributed by atoms with Crippen LogP contribution in [-0.2, 0) is 24.0 Å². The summed E-state index contributed by atoms with van der Waals surface area (Å²) in [6, 6.07) is 0. The van der Waals surface area contributed by atoms with Crippen molar-refractivity contribution in [2.24, 2.45) is 0 Å². The summed E-state index contributed by atoms with van der Waals surface area (Å²) >= 11 is 0. The van der Waals surface area contributed by atoms with Gasteiger partial charge in [0.1, 0.15) is 12.2 Å². The first-order valence-corrected chi connectivity index (χ1v) is 6.69. The molecule has 0 fully saturated rings. The van der Waals surface area contributed by atoms with Crippen molar-refractivity contribution in [2.45, 2.75) is 56.7 Å². The molecule has 10 nitrogen and oxygen atoms in total. The summed E-state index contributed by atoms with van der Waals surface area (Å²) in [5.41, 5.74) is -11.2. The maximum atomic E-state index is 11.9. The third-order valence-corrected chi connectivity index (χ3v) is 4.00. The fourth-order valence-corrected chi connectivity index (χ4v) is 2.38. The molecule has 0 bridgehead atoms. The maximum absolute atomic E-state index is 11.9. The lowest BCUT2D eigenvalue weighted by Gasteiger charge is -2.48. The average molecular weight is 348 g/mol. The van der Waals surface area contributed by atoms with Gasteiger partial charge in [-0.25, -0.2) is 0 Å². The number of carbonyl (C=O) groups is 5. The van der Waals surface area contributed by atoms with Gasteiger partial charge in [0.2, 0.25) is 11.2 Å². The van der Waals surface area contributed by atoms with Crippen molar-refractivity contribution in [1.29, 1.82) is 0 Å². The van der Waals surface area contributed by atoms with E-state index in [1.54, 1.807) is 0 Å². The number of Topliss-reactive ketones (excluding diaryl/α,β-unsaturated/α-hetero) is 4. The molecule has 0 spiro atoms. The largest absolute Gasteiger partial charge is 0.386 e. The number of aliphatic hydroxyl groups excluding tert-OH is 2. The Morgan fingerprint density at radius 1 is 0.833 bits per heavy atom. The lowest BCUT2D eigenvalue weighted by Crippen LogP contribution is -2.80. The molecule has 0 aromatic heterocycles. The first-order valence-electron chi connectivity index (χ1n) is 6.69. The topological polar surface area (TPSA) is 186 Å². The van der Waals surface area contributed by atoms with Gasteiger partial charge in [0.05, 0.1) is 0 Å². The van der Waals surface area contributed by atoms with Crippen molar-refractivity contribution < 1.29 is 49.5 Å². The van der Waals surface area contributed by atoms with Gasteiger partial charge >= 0.3 is 0 Å². The number of hydrogen-bond acceptors (Lipinski definition) is 10. The van der Waals surface area contributed by atoms with Crippen LogP contribution in [0.4, 0.5) is 0 Å². The standard InChI is InChI=1S/C14H20O10/c1-6(16)10(20)11(21)13(23,8(3)18)14(24,9(4)19)12(22,5-15)7(2)17/h5,10-11,20-24H,1-4H3/t10-,11-,12-,13-,14-/m1/s1. The molecule has 0 unspecified atom stereocenters. The molecule has 0 rings (SSSR count). The first-order chi connectivity index (χ1) is 10.7. The van der Waals surface area contributed by atoms with E-state index < -0.39 is 58.4 Å². The zero-order chi connectivity index (χ0) is 19.7. The van der Waals surface area contributed by atoms with Crippen LogP contribution in [0.15, 0.2) is 0 Å². The summed E-state index contributed by atoms with van der Waals surface area (Å²) in [4.78, 5) is 57.8. The minimum absolute atomic E-state index is 0.526. The van der Waals surface area contributed by atoms with E-state index in [2.05, 4.69) is 0 Å². The van der Waals surface area contributed by atoms with Gasteiger partial charge in [0.15, 0.2) is 35.0 Å². The molecule has 0 aliphatic rings. The van der Waals surface area contributed by atoms with Crippen molar-refractivity contribution >= 4 is 29.4 Å². The fraction of sp³-hybridized carbons (Fsp3) is 0.643. The van der Waals surface area contributed by atoms with E-state index in [4.69, 9.17) is 0 Å². The average Bonchev–Trinajstić information content (AvgIpc) is 2.49. The number of aliphatic hydroxyl groups is 5. The predicted molar refractivity (Wildman–Crippen MR) is 75.7 cm³/mol. The molecule has 0 radical (unpaired) electrons. The highest BCUT2D eigenvalue weighted by Crippen LogP contribution is 2.38. The lowest BCUT2D eigenvalue weighted by molar-refractivity contribution is -0.248. The van der Waals surface area contributed by atoms with Gasteiger partial charge in [0, 0.05) is 0 Å². The molecule has 0 saturated carbocycles. The molecule has 10 heteroatoms. The molecule has 0 aliphatic carbocycles. The molecule has 0 aromatic carbocycles. The molecular weight excluding hydrogens is 328 g/mol. The third kappa shape index (κ3) is 2.82. The van der Waals surface area contributed by atoms with E-state index in [1.165, 1.54) is 0 Å². The van der Waals surface area contributed by atoms with Crippen LogP contribution in [-0.4, -0.2) is 84.0 Å². The Hall–Kier alpha value is -1.85. The summed E-state index contributed by atoms with van der Waals surface area (Å²) in [7, 11) is 0. The quantitative estimate of drug-likeness (QED) is 0.206. The van der Waals surface area contributed by atoms with Crippen LogP contribution in [0.2, 0.25) is 0 Å². The third-order valence-electron chi connectivity index (χ3n) is 4.00. The highest BCUT2D eigenvalue weighted by molar-refractivity contribution is 6.12. The summed E-state index contributed by atoms with van der Waals surface area (Å²) in [6.07, 6.45) is -5.88. The monoisotopic (exact) mass is 348 g/mol. The number of hydrogen-bond donors (Lipinski definition) is 5. The van der Waals surface area contributed by atoms with Crippen LogP contribution >= 0.6 is 0 Å². The molecular formula is C14H20O10. The van der Waals surface area contributed by atoms with Crippen LogP contribution in [0.1, 0.15) is 27.7 Å². The van der Waals surface area contributed by atoms with E-state index in [9.17, 15) is 49.5 Å². The Morgan fingerprint density at radius 2 is 1.25 bits per heavy atom. The van der Waals surface area contributed by atoms with Crippen LogP contribution in [0, 0.1) is 0 Å². The molecule has 0 heterocycles. The SMILES string of the molecule is CC(=O)[C@@H](O)[C@@H](O)[C@](O)(C(C)=O)[C@@](O)(C(C)=O)[C@@](O)(C=O)C(C)=O. The molecule has 136 valence electrons. The zero-order valence-corrected chi connectivity index (χ0v) is 13.5. The molecule has 0 amide bonds. The highest BCUT2D eigenvalue weighted by Gasteiger charge is 2.73. The number of carbonyl (C=O) groups excluding carboxylic acids is 5. The molecule has 5 atom stereocenters. The summed E-state index contributed by atoms with van der Waals surface area (Å²) < 4.78 is 0. The minimum atomic E-state index is -3.87. The number of rotatable bonds is 9. The Morgan fingerprint density at radius 3 is 1.46 bits per heavy atom. The van der Waals surface area contributed by atoms with Gasteiger partial charge in [-0.15, -0.1) is 0 Å². The second kappa shape index (κ2) is 6.95. The molecule has 24 heavy (non-hydrogen) atoms. The normalized spacial score (nSPS) is 21.4. The lowest BCUT2D eigenvalue weighted by atomic mass is 9.62. The van der Waals surface area contributed by atoms with E-state index >= 15 is 0 Å². The van der Waals surface area contributed by atoms with Crippen molar-refractivity contribution in [3.05, 3.63) is 0 Å². The molecule has 0 aromatic rings. The summed E-state index contributed by atoms with van der Waals surface area (Å²) in [5, 5.41) is 50.9. The molecule has 5 N–H and O–H groups in total. The van der Waals surface area contributed by atoms with Crippen LogP contribution < -0.4 is 0 Å². The highest BCUT2D eigenvalue weighted by atomic mass is 16.4. The van der Waals surface area contributed by atoms with Crippen LogP contribution in [0.25, 0.3) is 0 Å². The van der Waals surface area contributed by atoms with E-state index in [1.807, 2.05) is 0 Å². The Balaban J connectivity index is 6.89. The van der Waals surface area contributed by atoms with Crippen molar-refractivity contribution in [1.82, 2.24) is 0 Å². The summed E-state index contributed by atoms with van der Waals surface area (Å²) in [5.74, 6) is -5.92. The number of ketones is 4. The Labute approximate surface area is 136 Å². The van der Waals surface area contributed by atoms with Crippen molar-refractivity contribution in [3.8, 4) is 0 Å². The zero-order valence-electron chi connectivity index (χ0n) is 13.5. The van der Waals surface area contributed by atoms with E-state index in [-0.39, 0.29) is 0 Å². The van der Waals surface area contributed by atoms with Gasteiger partial charge in [-0.3, -0.25) is 24.0 Å². The Kier molecular flexibility index (Phi) is 6.41. The van der Waals surface area contributed by atoms with Gasteiger partial charge in [-0.2, -0.15) is 0 Å². The Bertz CT molecular complexity index is 584. The summed E-state index contributed by atoms with van der Waals surface area (Å²) in [6.45, 7) is 2.42. The molecule has 0 aliphatic heterocycles. The smallest absolute Gasteiger partial charge is 0.217 e. The van der Waals surface area contributed by atoms with Crippen molar-refractivity contribution in [3.63, 3.8) is 0 Å². The molecule has 0 saturated heterocycles. The number of aldehydes is 1. The van der Waals surface area contributed by atoms with Crippen LogP contribution in [0.3, 0.4) is 0 Å². The van der Waals surface area contributed by atoms with Crippen LogP contribution in [0.5, 0.6) is 0 Å². The fourth-order valence-electron chi connectivity index (χ4n) is 2.38. The van der Waals surface area contributed by atoms with E-state index in [0.29, 0.717) is 20.8 Å². The maximum Gasteiger partial charge on any atom is 0.217 e. The van der Waals surface area contributed by atoms with Gasteiger partial charge in [-0.05, 0) is 27.7 Å². The predicted octanol–water partition coefficient (Wildman–Crippen LogP) is -3.54. The van der Waals surface area contributed by atoms with Gasteiger partial charge in [0.25, 0.3) is 0 Å². The van der Waals surface area contributed by atoms with Crippen molar-refractivity contribution in [2.75, 3.05) is 0 Å². The van der Waals surface area contributed by atoms with Gasteiger partial charge in [-0.1, -0.05) is 0 Å². The minimum Gasteiger partial charge on any atom is -0.386 e. The first kappa shape index (κ1) is 22.1. The second-order valence-electron chi connectivity index (χ2n) is 5.53.